The molecule has 3 rings (SSSR count). The molecule has 138 valence electrons. The van der Waals surface area contributed by atoms with E-state index in [9.17, 15) is 14.4 Å². The molecule has 0 bridgehead atoms. The molecule has 7 heteroatoms. The molecule has 0 radical (unpaired) electrons. The zero-order valence-electron chi connectivity index (χ0n) is 14.5. The van der Waals surface area contributed by atoms with E-state index in [2.05, 4.69) is 26.6 Å². The largest absolute Gasteiger partial charge is 0.494 e. The van der Waals surface area contributed by atoms with Crippen molar-refractivity contribution in [1.29, 1.82) is 0 Å². The third kappa shape index (κ3) is 4.43. The molecular formula is C20H17BrN2O4. The molecule has 0 unspecified atom stereocenters. The molecule has 0 spiro atoms. The van der Waals surface area contributed by atoms with Gasteiger partial charge in [-0.15, -0.1) is 0 Å². The highest BCUT2D eigenvalue weighted by Crippen LogP contribution is 2.27. The molecule has 1 aliphatic rings. The Kier molecular flexibility index (Phi) is 5.71. The van der Waals surface area contributed by atoms with Crippen LogP contribution >= 0.6 is 15.9 Å². The van der Waals surface area contributed by atoms with E-state index in [1.807, 2.05) is 37.3 Å². The summed E-state index contributed by atoms with van der Waals surface area (Å²) in [6, 6.07) is 12.6. The average molecular weight is 429 g/mol. The van der Waals surface area contributed by atoms with Crippen LogP contribution in [0.2, 0.25) is 0 Å². The summed E-state index contributed by atoms with van der Waals surface area (Å²) in [5.41, 5.74) is 2.60. The Morgan fingerprint density at radius 3 is 2.37 bits per heavy atom. The summed E-state index contributed by atoms with van der Waals surface area (Å²) < 4.78 is 6.76. The van der Waals surface area contributed by atoms with E-state index in [1.165, 1.54) is 6.08 Å². The van der Waals surface area contributed by atoms with Gasteiger partial charge in [-0.25, -0.2) is 4.79 Å². The average Bonchev–Trinajstić information content (AvgIpc) is 2.62. The van der Waals surface area contributed by atoms with Crippen LogP contribution < -0.4 is 15.4 Å². The topological polar surface area (TPSA) is 84.5 Å². The Balaban J connectivity index is 1.93. The van der Waals surface area contributed by atoms with E-state index >= 15 is 0 Å². The van der Waals surface area contributed by atoms with Crippen molar-refractivity contribution in [1.82, 2.24) is 10.6 Å². The maximum atomic E-state index is 11.9. The van der Waals surface area contributed by atoms with Gasteiger partial charge >= 0.3 is 6.03 Å². The lowest BCUT2D eigenvalue weighted by molar-refractivity contribution is -0.123. The summed E-state index contributed by atoms with van der Waals surface area (Å²) in [5, 5.41) is 4.11. The minimum absolute atomic E-state index is 0.129. The van der Waals surface area contributed by atoms with E-state index < -0.39 is 17.8 Å². The van der Waals surface area contributed by atoms with Crippen LogP contribution in [0.5, 0.6) is 5.75 Å². The van der Waals surface area contributed by atoms with Gasteiger partial charge in [-0.1, -0.05) is 46.3 Å². The van der Waals surface area contributed by atoms with Crippen LogP contribution in [0, 0.1) is 0 Å². The van der Waals surface area contributed by atoms with Gasteiger partial charge in [-0.2, -0.15) is 0 Å². The summed E-state index contributed by atoms with van der Waals surface area (Å²) >= 11 is 3.55. The van der Waals surface area contributed by atoms with Crippen molar-refractivity contribution in [3.63, 3.8) is 0 Å². The van der Waals surface area contributed by atoms with Crippen molar-refractivity contribution in [3.05, 3.63) is 69.2 Å². The maximum Gasteiger partial charge on any atom is 0.328 e. The number of rotatable bonds is 5. The molecule has 1 fully saturated rings. The van der Waals surface area contributed by atoms with Crippen molar-refractivity contribution >= 4 is 39.9 Å². The Morgan fingerprint density at radius 1 is 1.00 bits per heavy atom. The van der Waals surface area contributed by atoms with Gasteiger partial charge in [0.05, 0.1) is 6.61 Å². The number of urea groups is 1. The van der Waals surface area contributed by atoms with E-state index in [-0.39, 0.29) is 5.57 Å². The quantitative estimate of drug-likeness (QED) is 0.565. The molecule has 2 N–H and O–H groups in total. The molecule has 1 saturated heterocycles. The highest BCUT2D eigenvalue weighted by atomic mass is 79.9. The van der Waals surface area contributed by atoms with E-state index in [4.69, 9.17) is 4.74 Å². The lowest BCUT2D eigenvalue weighted by Gasteiger charge is -2.15. The zero-order valence-corrected chi connectivity index (χ0v) is 16.1. The number of hydrogen-bond donors (Lipinski definition) is 2. The Labute approximate surface area is 164 Å². The molecule has 0 atom stereocenters. The fourth-order valence-corrected chi connectivity index (χ4v) is 3.14. The number of ether oxygens (including phenoxy) is 1. The number of amides is 4. The lowest BCUT2D eigenvalue weighted by Crippen LogP contribution is -2.51. The number of nitrogens with one attached hydrogen (secondary N) is 2. The number of hydrogen-bond acceptors (Lipinski definition) is 4. The predicted molar refractivity (Wildman–Crippen MR) is 104 cm³/mol. The van der Waals surface area contributed by atoms with Gasteiger partial charge in [0.25, 0.3) is 11.8 Å². The van der Waals surface area contributed by atoms with Gasteiger partial charge in [0, 0.05) is 10.9 Å². The number of halogens is 1. The molecule has 0 saturated carbocycles. The molecule has 1 heterocycles. The first-order chi connectivity index (χ1) is 13.0. The number of barbiturate groups is 1. The van der Waals surface area contributed by atoms with Crippen LogP contribution in [0.25, 0.3) is 6.08 Å². The zero-order chi connectivity index (χ0) is 19.4. The van der Waals surface area contributed by atoms with Crippen LogP contribution in [0.4, 0.5) is 4.79 Å². The normalized spacial score (nSPS) is 13.9. The SMILES string of the molecule is CCOc1cc(C=C2C(=O)NC(=O)NC2=O)ccc1Cc1ccccc1Br. The number of carbonyl (C=O) groups excluding carboxylic acids is 3. The Morgan fingerprint density at radius 2 is 1.70 bits per heavy atom. The highest BCUT2D eigenvalue weighted by Gasteiger charge is 2.27. The maximum absolute atomic E-state index is 11.9. The van der Waals surface area contributed by atoms with E-state index in [0.717, 1.165) is 15.6 Å². The highest BCUT2D eigenvalue weighted by molar-refractivity contribution is 9.10. The van der Waals surface area contributed by atoms with Crippen molar-refractivity contribution in [2.75, 3.05) is 6.61 Å². The van der Waals surface area contributed by atoms with Crippen molar-refractivity contribution in [2.45, 2.75) is 13.3 Å². The minimum atomic E-state index is -0.819. The van der Waals surface area contributed by atoms with Gasteiger partial charge in [-0.3, -0.25) is 20.2 Å². The summed E-state index contributed by atoms with van der Waals surface area (Å²) in [7, 11) is 0. The lowest BCUT2D eigenvalue weighted by atomic mass is 10.0. The van der Waals surface area contributed by atoms with Gasteiger partial charge in [0.15, 0.2) is 0 Å². The molecule has 4 amide bonds. The first-order valence-corrected chi connectivity index (χ1v) is 9.14. The van der Waals surface area contributed by atoms with Crippen LogP contribution in [0.3, 0.4) is 0 Å². The number of benzene rings is 2. The number of carbonyl (C=O) groups is 3. The first-order valence-electron chi connectivity index (χ1n) is 8.35. The monoisotopic (exact) mass is 428 g/mol. The standard InChI is InChI=1S/C20H17BrN2O4/c1-2-27-17-10-12(9-15-18(24)22-20(26)23-19(15)25)7-8-14(17)11-13-5-3-4-6-16(13)21/h3-10H,2,11H2,1H3,(H2,22,23,24,25,26). The van der Waals surface area contributed by atoms with Gasteiger partial charge in [-0.05, 0) is 41.8 Å². The van der Waals surface area contributed by atoms with Crippen LogP contribution in [0.1, 0.15) is 23.6 Å². The van der Waals surface area contributed by atoms with E-state index in [0.29, 0.717) is 24.3 Å². The second-order valence-electron chi connectivity index (χ2n) is 5.86. The molecule has 2 aromatic carbocycles. The van der Waals surface area contributed by atoms with Crippen molar-refractivity contribution < 1.29 is 19.1 Å². The minimum Gasteiger partial charge on any atom is -0.494 e. The van der Waals surface area contributed by atoms with Crippen LogP contribution in [-0.4, -0.2) is 24.5 Å². The van der Waals surface area contributed by atoms with Gasteiger partial charge in [0.2, 0.25) is 0 Å². The van der Waals surface area contributed by atoms with E-state index in [1.54, 1.807) is 12.1 Å². The smallest absolute Gasteiger partial charge is 0.328 e. The molecule has 0 aliphatic carbocycles. The number of imide groups is 2. The molecule has 27 heavy (non-hydrogen) atoms. The van der Waals surface area contributed by atoms with Crippen LogP contribution in [-0.2, 0) is 16.0 Å². The third-order valence-electron chi connectivity index (χ3n) is 3.98. The molecule has 2 aromatic rings. The van der Waals surface area contributed by atoms with Gasteiger partial charge < -0.3 is 4.74 Å². The second-order valence-corrected chi connectivity index (χ2v) is 6.72. The summed E-state index contributed by atoms with van der Waals surface area (Å²) in [6.45, 7) is 2.37. The molecular weight excluding hydrogens is 412 g/mol. The van der Waals surface area contributed by atoms with Gasteiger partial charge in [0.1, 0.15) is 11.3 Å². The molecule has 0 aromatic heterocycles. The fourth-order valence-electron chi connectivity index (χ4n) is 2.72. The summed E-state index contributed by atoms with van der Waals surface area (Å²) in [6.07, 6.45) is 2.10. The molecule has 1 aliphatic heterocycles. The fraction of sp³-hybridized carbons (Fsp3) is 0.150. The summed E-state index contributed by atoms with van der Waals surface area (Å²) in [5.74, 6) is -0.770. The van der Waals surface area contributed by atoms with Crippen molar-refractivity contribution in [2.24, 2.45) is 0 Å². The second kappa shape index (κ2) is 8.18. The molecule has 6 nitrogen and oxygen atoms in total. The Bertz CT molecular complexity index is 931. The van der Waals surface area contributed by atoms with Crippen molar-refractivity contribution in [3.8, 4) is 5.75 Å². The first kappa shape index (κ1) is 18.8. The third-order valence-corrected chi connectivity index (χ3v) is 4.76. The Hall–Kier alpha value is -2.93. The summed E-state index contributed by atoms with van der Waals surface area (Å²) in [4.78, 5) is 34.9. The van der Waals surface area contributed by atoms with Crippen LogP contribution in [0.15, 0.2) is 52.5 Å². The predicted octanol–water partition coefficient (Wildman–Crippen LogP) is 3.19.